The zero-order chi connectivity index (χ0) is 19.2. The quantitative estimate of drug-likeness (QED) is 0.861. The van der Waals surface area contributed by atoms with Gasteiger partial charge in [0.2, 0.25) is 5.88 Å². The van der Waals surface area contributed by atoms with Crippen LogP contribution in [0.2, 0.25) is 0 Å². The van der Waals surface area contributed by atoms with E-state index in [0.717, 1.165) is 19.4 Å². The van der Waals surface area contributed by atoms with Crippen molar-refractivity contribution in [1.29, 1.82) is 0 Å². The van der Waals surface area contributed by atoms with Crippen LogP contribution >= 0.6 is 0 Å². The molecule has 1 saturated heterocycles. The molecule has 1 fully saturated rings. The fraction of sp³-hybridized carbons (Fsp3) is 0.364. The second-order valence-electron chi connectivity index (χ2n) is 6.93. The third-order valence-corrected chi connectivity index (χ3v) is 4.99. The van der Waals surface area contributed by atoms with Crippen LogP contribution in [0.15, 0.2) is 48.2 Å². The van der Waals surface area contributed by atoms with Crippen molar-refractivity contribution < 1.29 is 9.53 Å². The number of ether oxygens (including phenoxy) is 1. The molecule has 0 aliphatic carbocycles. The molecule has 1 aliphatic rings. The third kappa shape index (κ3) is 4.88. The van der Waals surface area contributed by atoms with Gasteiger partial charge in [-0.2, -0.15) is 0 Å². The Morgan fingerprint density at radius 3 is 2.89 bits per heavy atom. The minimum absolute atomic E-state index is 0.0825. The topological polar surface area (TPSA) is 54.5 Å². The van der Waals surface area contributed by atoms with Gasteiger partial charge in [0.15, 0.2) is 0 Å². The predicted molar refractivity (Wildman–Crippen MR) is 109 cm³/mol. The van der Waals surface area contributed by atoms with Crippen molar-refractivity contribution in [3.8, 4) is 5.88 Å². The standard InChI is InChI=1S/C22H27N3O2/c1-4-17-6-5-7-18(12-17)13-19-10-11-25(15-16(19)2)22(26)24-20-8-9-21(27-3)23-14-20/h5-9,12-14,16H,4,10-11,15H2,1-3H3,(H,24,26)/b19-13+. The highest BCUT2D eigenvalue weighted by molar-refractivity contribution is 5.89. The van der Waals surface area contributed by atoms with E-state index < -0.39 is 0 Å². The number of amides is 2. The molecule has 1 aliphatic heterocycles. The molecule has 27 heavy (non-hydrogen) atoms. The Bertz CT molecular complexity index is 815. The number of nitrogens with one attached hydrogen (secondary N) is 1. The summed E-state index contributed by atoms with van der Waals surface area (Å²) in [6.07, 6.45) is 5.83. The molecule has 5 nitrogen and oxygen atoms in total. The van der Waals surface area contributed by atoms with E-state index in [1.807, 2.05) is 4.90 Å². The first-order valence-corrected chi connectivity index (χ1v) is 9.44. The lowest BCUT2D eigenvalue weighted by molar-refractivity contribution is 0.198. The van der Waals surface area contributed by atoms with Gasteiger partial charge in [-0.3, -0.25) is 0 Å². The van der Waals surface area contributed by atoms with E-state index in [9.17, 15) is 4.79 Å². The number of likely N-dealkylation sites (tertiary alicyclic amines) is 1. The van der Waals surface area contributed by atoms with Gasteiger partial charge in [-0.05, 0) is 36.0 Å². The summed E-state index contributed by atoms with van der Waals surface area (Å²) in [7, 11) is 1.57. The first-order valence-electron chi connectivity index (χ1n) is 9.44. The van der Waals surface area contributed by atoms with Gasteiger partial charge in [0.1, 0.15) is 0 Å². The second kappa shape index (κ2) is 8.71. The van der Waals surface area contributed by atoms with Gasteiger partial charge in [-0.1, -0.05) is 49.8 Å². The van der Waals surface area contributed by atoms with Crippen LogP contribution in [0.4, 0.5) is 10.5 Å². The molecule has 2 heterocycles. The van der Waals surface area contributed by atoms with Crippen molar-refractivity contribution in [2.24, 2.45) is 5.92 Å². The Hall–Kier alpha value is -2.82. The van der Waals surface area contributed by atoms with Crippen LogP contribution < -0.4 is 10.1 Å². The van der Waals surface area contributed by atoms with Crippen molar-refractivity contribution in [3.63, 3.8) is 0 Å². The van der Waals surface area contributed by atoms with Crippen LogP contribution in [0.5, 0.6) is 5.88 Å². The van der Waals surface area contributed by atoms with Crippen molar-refractivity contribution >= 4 is 17.8 Å². The molecule has 1 N–H and O–H groups in total. The largest absolute Gasteiger partial charge is 0.481 e. The smallest absolute Gasteiger partial charge is 0.321 e. The van der Waals surface area contributed by atoms with E-state index in [2.05, 4.69) is 54.5 Å². The summed E-state index contributed by atoms with van der Waals surface area (Å²) in [6.45, 7) is 5.79. The van der Waals surface area contributed by atoms with Gasteiger partial charge >= 0.3 is 6.03 Å². The monoisotopic (exact) mass is 365 g/mol. The van der Waals surface area contributed by atoms with Gasteiger partial charge in [-0.15, -0.1) is 0 Å². The first kappa shape index (κ1) is 19.0. The first-order chi connectivity index (χ1) is 13.1. The summed E-state index contributed by atoms with van der Waals surface area (Å²) >= 11 is 0. The summed E-state index contributed by atoms with van der Waals surface area (Å²) in [5.41, 5.74) is 4.67. The lowest BCUT2D eigenvalue weighted by Gasteiger charge is -2.33. The van der Waals surface area contributed by atoms with Crippen LogP contribution in [0.1, 0.15) is 31.4 Å². The molecule has 1 aromatic carbocycles. The Labute approximate surface area is 161 Å². The van der Waals surface area contributed by atoms with E-state index in [-0.39, 0.29) is 6.03 Å². The number of methoxy groups -OCH3 is 1. The molecule has 0 spiro atoms. The Morgan fingerprint density at radius 2 is 2.22 bits per heavy atom. The number of carbonyl (C=O) groups is 1. The maximum absolute atomic E-state index is 12.6. The average Bonchev–Trinajstić information content (AvgIpc) is 2.70. The lowest BCUT2D eigenvalue weighted by atomic mass is 9.91. The number of hydrogen-bond donors (Lipinski definition) is 1. The fourth-order valence-corrected chi connectivity index (χ4v) is 3.34. The van der Waals surface area contributed by atoms with Crippen LogP contribution in [0.25, 0.3) is 6.08 Å². The number of rotatable bonds is 4. The number of benzene rings is 1. The maximum Gasteiger partial charge on any atom is 0.321 e. The minimum Gasteiger partial charge on any atom is -0.481 e. The van der Waals surface area contributed by atoms with Gasteiger partial charge < -0.3 is 15.0 Å². The summed E-state index contributed by atoms with van der Waals surface area (Å²) in [5, 5.41) is 2.91. The molecule has 5 heteroatoms. The lowest BCUT2D eigenvalue weighted by Crippen LogP contribution is -2.42. The molecular formula is C22H27N3O2. The molecule has 1 unspecified atom stereocenters. The Morgan fingerprint density at radius 1 is 1.37 bits per heavy atom. The van der Waals surface area contributed by atoms with Gasteiger partial charge in [0, 0.05) is 19.2 Å². The zero-order valence-corrected chi connectivity index (χ0v) is 16.2. The second-order valence-corrected chi connectivity index (χ2v) is 6.93. The molecule has 0 saturated carbocycles. The van der Waals surface area contributed by atoms with E-state index in [0.29, 0.717) is 24.0 Å². The molecule has 3 rings (SSSR count). The van der Waals surface area contributed by atoms with Gasteiger partial charge in [0.05, 0.1) is 19.0 Å². The number of aryl methyl sites for hydroxylation is 1. The molecule has 2 amide bonds. The predicted octanol–water partition coefficient (Wildman–Crippen LogP) is 4.61. The number of anilines is 1. The van der Waals surface area contributed by atoms with E-state index in [4.69, 9.17) is 4.74 Å². The fourth-order valence-electron chi connectivity index (χ4n) is 3.34. The van der Waals surface area contributed by atoms with E-state index >= 15 is 0 Å². The Balaban J connectivity index is 1.61. The molecule has 0 radical (unpaired) electrons. The number of nitrogens with zero attached hydrogens (tertiary/aromatic N) is 2. The number of piperidine rings is 1. The molecule has 1 aromatic heterocycles. The number of urea groups is 1. The SMILES string of the molecule is CCc1cccc(/C=C2\CCN(C(=O)Nc3ccc(OC)nc3)CC2C)c1. The number of pyridine rings is 1. The maximum atomic E-state index is 12.6. The molecule has 0 bridgehead atoms. The van der Waals surface area contributed by atoms with E-state index in [1.54, 1.807) is 25.4 Å². The average molecular weight is 365 g/mol. The van der Waals surface area contributed by atoms with Crippen LogP contribution in [0, 0.1) is 5.92 Å². The zero-order valence-electron chi connectivity index (χ0n) is 16.2. The van der Waals surface area contributed by atoms with Crippen molar-refractivity contribution in [3.05, 3.63) is 59.3 Å². The van der Waals surface area contributed by atoms with Crippen LogP contribution in [-0.4, -0.2) is 36.1 Å². The summed E-state index contributed by atoms with van der Waals surface area (Å²) in [4.78, 5) is 18.5. The highest BCUT2D eigenvalue weighted by atomic mass is 16.5. The number of carbonyl (C=O) groups excluding carboxylic acids is 1. The summed E-state index contributed by atoms with van der Waals surface area (Å²) in [5.74, 6) is 0.866. The van der Waals surface area contributed by atoms with Crippen molar-refractivity contribution in [1.82, 2.24) is 9.88 Å². The van der Waals surface area contributed by atoms with Crippen molar-refractivity contribution in [2.45, 2.75) is 26.7 Å². The number of hydrogen-bond acceptors (Lipinski definition) is 3. The Kier molecular flexibility index (Phi) is 6.12. The highest BCUT2D eigenvalue weighted by Gasteiger charge is 2.24. The summed E-state index contributed by atoms with van der Waals surface area (Å²) < 4.78 is 5.04. The normalized spacial score (nSPS) is 18.4. The van der Waals surface area contributed by atoms with Gasteiger partial charge in [0.25, 0.3) is 0 Å². The van der Waals surface area contributed by atoms with Crippen LogP contribution in [0.3, 0.4) is 0 Å². The van der Waals surface area contributed by atoms with Gasteiger partial charge in [-0.25, -0.2) is 9.78 Å². The minimum atomic E-state index is -0.0825. The molecule has 142 valence electrons. The highest BCUT2D eigenvalue weighted by Crippen LogP contribution is 2.26. The molecule has 2 aromatic rings. The third-order valence-electron chi connectivity index (χ3n) is 4.99. The van der Waals surface area contributed by atoms with Crippen LogP contribution in [-0.2, 0) is 6.42 Å². The van der Waals surface area contributed by atoms with Crippen molar-refractivity contribution in [2.75, 3.05) is 25.5 Å². The molecular weight excluding hydrogens is 338 g/mol. The summed E-state index contributed by atoms with van der Waals surface area (Å²) in [6, 6.07) is 12.1. The van der Waals surface area contributed by atoms with E-state index in [1.165, 1.54) is 16.7 Å². The number of aromatic nitrogens is 1. The molecule has 1 atom stereocenters.